The Bertz CT molecular complexity index is 221. The molecule has 1 rings (SSSR count). The molecule has 4 heteroatoms. The fraction of sp³-hybridized carbons (Fsp3) is 0. The molecule has 0 heterocycles. The number of hydrogen-bond acceptors (Lipinski definition) is 3. The van der Waals surface area contributed by atoms with Gasteiger partial charge in [-0.1, -0.05) is 0 Å². The maximum absolute atomic E-state index is 8.69. The molecule has 5 N–H and O–H groups in total. The van der Waals surface area contributed by atoms with Gasteiger partial charge >= 0.3 is 0 Å². The van der Waals surface area contributed by atoms with Crippen LogP contribution in [0, 0.1) is 0 Å². The highest BCUT2D eigenvalue weighted by Crippen LogP contribution is 2.27. The Labute approximate surface area is 57.3 Å². The molecule has 0 saturated heterocycles. The number of benzene rings is 1. The molecule has 0 aliphatic rings. The van der Waals surface area contributed by atoms with E-state index >= 15 is 0 Å². The van der Waals surface area contributed by atoms with E-state index in [9.17, 15) is 0 Å². The summed E-state index contributed by atoms with van der Waals surface area (Å²) in [5.41, 5.74) is 0. The summed E-state index contributed by atoms with van der Waals surface area (Å²) in [6.45, 7) is 0. The smallest absolute Gasteiger partial charge is 0.161 e. The quantitative estimate of drug-likeness (QED) is 0.353. The highest BCUT2D eigenvalue weighted by molar-refractivity contribution is 5.42. The predicted octanol–water partition coefficient (Wildman–Crippen LogP) is -0.0213. The van der Waals surface area contributed by atoms with Gasteiger partial charge < -0.3 is 20.8 Å². The molecule has 0 radical (unpaired) electrons. The molecule has 0 aliphatic heterocycles. The third-order valence-corrected chi connectivity index (χ3v) is 0.959. The van der Waals surface area contributed by atoms with E-state index in [0.29, 0.717) is 0 Å². The third-order valence-electron chi connectivity index (χ3n) is 0.959. The van der Waals surface area contributed by atoms with Gasteiger partial charge in [0.2, 0.25) is 0 Å². The van der Waals surface area contributed by atoms with Gasteiger partial charge in [-0.3, -0.25) is 0 Å². The van der Waals surface area contributed by atoms with Gasteiger partial charge in [-0.2, -0.15) is 0 Å². The monoisotopic (exact) mass is 144 g/mol. The summed E-state index contributed by atoms with van der Waals surface area (Å²) in [5.74, 6) is -0.604. The van der Waals surface area contributed by atoms with Crippen molar-refractivity contribution in [1.82, 2.24) is 0 Å². The van der Waals surface area contributed by atoms with E-state index in [2.05, 4.69) is 0 Å². The van der Waals surface area contributed by atoms with E-state index in [-0.39, 0.29) is 22.7 Å². The topological polar surface area (TPSA) is 92.2 Å². The van der Waals surface area contributed by atoms with Crippen LogP contribution < -0.4 is 0 Å². The van der Waals surface area contributed by atoms with Crippen LogP contribution in [-0.2, 0) is 0 Å². The molecule has 0 unspecified atom stereocenters. The Morgan fingerprint density at radius 3 is 1.90 bits per heavy atom. The van der Waals surface area contributed by atoms with Crippen LogP contribution in [0.4, 0.5) is 0 Å². The average Bonchev–Trinajstić information content (AvgIpc) is 1.80. The van der Waals surface area contributed by atoms with E-state index in [4.69, 9.17) is 15.3 Å². The molecular formula is C6H8O4. The maximum atomic E-state index is 8.69. The third kappa shape index (κ3) is 1.53. The zero-order valence-electron chi connectivity index (χ0n) is 5.07. The Morgan fingerprint density at radius 1 is 0.900 bits per heavy atom. The van der Waals surface area contributed by atoms with Crippen LogP contribution in [0.1, 0.15) is 0 Å². The van der Waals surface area contributed by atoms with Gasteiger partial charge in [0.25, 0.3) is 0 Å². The van der Waals surface area contributed by atoms with E-state index in [1.807, 2.05) is 0 Å². The normalized spacial score (nSPS) is 8.40. The van der Waals surface area contributed by atoms with Crippen molar-refractivity contribution in [2.24, 2.45) is 0 Å². The molecule has 0 saturated carbocycles. The second-order valence-electron chi connectivity index (χ2n) is 1.67. The molecule has 1 aromatic carbocycles. The summed E-state index contributed by atoms with van der Waals surface area (Å²) in [4.78, 5) is 0. The fourth-order valence-corrected chi connectivity index (χ4v) is 0.512. The summed E-state index contributed by atoms with van der Waals surface area (Å²) in [5, 5.41) is 26.0. The first-order valence-corrected chi connectivity index (χ1v) is 2.41. The van der Waals surface area contributed by atoms with Crippen molar-refractivity contribution in [2.75, 3.05) is 0 Å². The van der Waals surface area contributed by atoms with Crippen molar-refractivity contribution in [3.63, 3.8) is 0 Å². The van der Waals surface area contributed by atoms with Crippen LogP contribution in [0.3, 0.4) is 0 Å². The second-order valence-corrected chi connectivity index (χ2v) is 1.67. The summed E-state index contributed by atoms with van der Waals surface area (Å²) in [6.07, 6.45) is 0. The van der Waals surface area contributed by atoms with Crippen LogP contribution in [0.25, 0.3) is 0 Å². The molecule has 0 aromatic heterocycles. The van der Waals surface area contributed by atoms with E-state index in [1.165, 1.54) is 12.1 Å². The lowest BCUT2D eigenvalue weighted by atomic mass is 10.3. The van der Waals surface area contributed by atoms with Crippen LogP contribution >= 0.6 is 0 Å². The number of aromatic hydroxyl groups is 3. The van der Waals surface area contributed by atoms with Gasteiger partial charge in [0.05, 0.1) is 0 Å². The highest BCUT2D eigenvalue weighted by Gasteiger charge is 1.96. The molecule has 0 spiro atoms. The molecule has 4 nitrogen and oxygen atoms in total. The first-order valence-electron chi connectivity index (χ1n) is 2.41. The van der Waals surface area contributed by atoms with E-state index < -0.39 is 0 Å². The predicted molar refractivity (Wildman–Crippen MR) is 35.1 cm³/mol. The van der Waals surface area contributed by atoms with Gasteiger partial charge in [0, 0.05) is 6.07 Å². The molecule has 56 valence electrons. The van der Waals surface area contributed by atoms with Crippen molar-refractivity contribution in [3.8, 4) is 17.2 Å². The van der Waals surface area contributed by atoms with Gasteiger partial charge in [0.1, 0.15) is 5.75 Å². The summed E-state index contributed by atoms with van der Waals surface area (Å²) in [6, 6.07) is 3.56. The first kappa shape index (κ1) is 8.58. The molecule has 0 fully saturated rings. The molecular weight excluding hydrogens is 136 g/mol. The van der Waals surface area contributed by atoms with E-state index in [1.54, 1.807) is 0 Å². The minimum absolute atomic E-state index is 0. The lowest BCUT2D eigenvalue weighted by Crippen LogP contribution is -1.66. The van der Waals surface area contributed by atoms with Gasteiger partial charge in [-0.25, -0.2) is 0 Å². The van der Waals surface area contributed by atoms with Crippen molar-refractivity contribution < 1.29 is 20.8 Å². The lowest BCUT2D eigenvalue weighted by Gasteiger charge is -1.95. The molecule has 0 amide bonds. The Balaban J connectivity index is 0.000000810. The second kappa shape index (κ2) is 2.93. The zero-order chi connectivity index (χ0) is 6.85. The molecule has 10 heavy (non-hydrogen) atoms. The number of phenolic OH excluding ortho intramolecular Hbond substituents is 3. The minimum atomic E-state index is -0.310. The largest absolute Gasteiger partial charge is 0.508 e. The van der Waals surface area contributed by atoms with Crippen LogP contribution in [0.2, 0.25) is 0 Å². The summed E-state index contributed by atoms with van der Waals surface area (Å²) in [7, 11) is 0. The van der Waals surface area contributed by atoms with Crippen LogP contribution in [0.5, 0.6) is 17.2 Å². The van der Waals surface area contributed by atoms with Crippen molar-refractivity contribution in [3.05, 3.63) is 18.2 Å². The van der Waals surface area contributed by atoms with Gasteiger partial charge in [-0.05, 0) is 12.1 Å². The van der Waals surface area contributed by atoms with Gasteiger partial charge in [0.15, 0.2) is 11.5 Å². The number of hydrogen-bond donors (Lipinski definition) is 3. The molecule has 1 aromatic rings. The van der Waals surface area contributed by atoms with Crippen molar-refractivity contribution in [2.45, 2.75) is 0 Å². The van der Waals surface area contributed by atoms with Gasteiger partial charge in [-0.15, -0.1) is 0 Å². The summed E-state index contributed by atoms with van der Waals surface area (Å²) >= 11 is 0. The fourth-order valence-electron chi connectivity index (χ4n) is 0.512. The Kier molecular flexibility index (Phi) is 2.52. The van der Waals surface area contributed by atoms with Crippen LogP contribution in [-0.4, -0.2) is 20.8 Å². The Hall–Kier alpha value is -1.42. The van der Waals surface area contributed by atoms with Crippen LogP contribution in [0.15, 0.2) is 18.2 Å². The molecule has 0 bridgehead atoms. The van der Waals surface area contributed by atoms with Crippen molar-refractivity contribution in [1.29, 1.82) is 0 Å². The first-order chi connectivity index (χ1) is 4.20. The highest BCUT2D eigenvalue weighted by atomic mass is 16.3. The number of rotatable bonds is 0. The number of phenols is 3. The Morgan fingerprint density at radius 2 is 1.50 bits per heavy atom. The van der Waals surface area contributed by atoms with E-state index in [0.717, 1.165) is 6.07 Å². The standard InChI is InChI=1S/C6H6O3.H2O/c7-4-1-2-5(8)6(9)3-4;/h1-3,7-9H;1H2. The lowest BCUT2D eigenvalue weighted by molar-refractivity contribution is 0.396. The zero-order valence-corrected chi connectivity index (χ0v) is 5.07. The van der Waals surface area contributed by atoms with Crippen molar-refractivity contribution >= 4 is 0 Å². The summed E-state index contributed by atoms with van der Waals surface area (Å²) < 4.78 is 0. The minimum Gasteiger partial charge on any atom is -0.508 e. The average molecular weight is 144 g/mol. The molecule has 0 atom stereocenters. The molecule has 0 aliphatic carbocycles. The SMILES string of the molecule is O.Oc1ccc(O)c(O)c1. The maximum Gasteiger partial charge on any atom is 0.161 e.